The molecule has 0 aliphatic heterocycles. The molecule has 0 spiro atoms. The zero-order chi connectivity index (χ0) is 14.9. The third-order valence-corrected chi connectivity index (χ3v) is 3.18. The van der Waals surface area contributed by atoms with Crippen molar-refractivity contribution in [2.75, 3.05) is 6.54 Å². The van der Waals surface area contributed by atoms with E-state index in [-0.39, 0.29) is 24.4 Å². The first-order valence-corrected chi connectivity index (χ1v) is 6.77. The average Bonchev–Trinajstić information content (AvgIpc) is 2.65. The fourth-order valence-corrected chi connectivity index (χ4v) is 2.19. The van der Waals surface area contributed by atoms with E-state index in [1.165, 1.54) is 0 Å². The maximum atomic E-state index is 12.3. The molecule has 0 aromatic carbocycles. The van der Waals surface area contributed by atoms with Crippen LogP contribution in [-0.2, 0) is 0 Å². The number of nitrogens with one attached hydrogen (secondary N) is 1. The van der Waals surface area contributed by atoms with Gasteiger partial charge in [-0.05, 0) is 40.2 Å². The highest BCUT2D eigenvalue weighted by molar-refractivity contribution is 6.01. The van der Waals surface area contributed by atoms with Crippen LogP contribution in [0.4, 0.5) is 0 Å². The second kappa shape index (κ2) is 6.87. The molecule has 0 radical (unpaired) electrons. The summed E-state index contributed by atoms with van der Waals surface area (Å²) in [5, 5.41) is 7.26. The normalized spacial score (nSPS) is 12.0. The molecule has 0 aliphatic carbocycles. The first-order valence-electron chi connectivity index (χ1n) is 6.77. The van der Waals surface area contributed by atoms with Crippen molar-refractivity contribution < 1.29 is 4.79 Å². The highest BCUT2D eigenvalue weighted by atomic mass is 35.5. The summed E-state index contributed by atoms with van der Waals surface area (Å²) in [5.41, 5.74) is 9.35. The van der Waals surface area contributed by atoms with Gasteiger partial charge in [0.25, 0.3) is 5.91 Å². The monoisotopic (exact) mass is 311 g/mol. The minimum absolute atomic E-state index is 0. The number of nitrogens with two attached hydrogens (primary N) is 1. The molecule has 21 heavy (non-hydrogen) atoms. The van der Waals surface area contributed by atoms with Crippen LogP contribution in [0.2, 0.25) is 0 Å². The lowest BCUT2D eigenvalue weighted by atomic mass is 10.2. The second-order valence-electron chi connectivity index (χ2n) is 5.26. The molecule has 6 nitrogen and oxygen atoms in total. The van der Waals surface area contributed by atoms with Crippen LogP contribution in [0.15, 0.2) is 6.07 Å². The van der Waals surface area contributed by atoms with E-state index in [1.807, 2.05) is 33.8 Å². The number of nitrogens with zero attached hydrogens (tertiary/aromatic N) is 3. The van der Waals surface area contributed by atoms with Crippen molar-refractivity contribution >= 4 is 24.0 Å². The fraction of sp³-hybridized carbons (Fsp3) is 0.500. The molecule has 0 bridgehead atoms. The smallest absolute Gasteiger partial charge is 0.257 e. The van der Waals surface area contributed by atoms with Crippen molar-refractivity contribution in [1.82, 2.24) is 19.9 Å². The highest BCUT2D eigenvalue weighted by Crippen LogP contribution is 2.16. The van der Waals surface area contributed by atoms with Gasteiger partial charge in [-0.3, -0.25) is 4.79 Å². The molecule has 116 valence electrons. The lowest BCUT2D eigenvalue weighted by Crippen LogP contribution is -2.29. The average molecular weight is 312 g/mol. The highest BCUT2D eigenvalue weighted by Gasteiger charge is 2.19. The molecule has 1 atom stereocenters. The first kappa shape index (κ1) is 17.4. The van der Waals surface area contributed by atoms with Gasteiger partial charge >= 0.3 is 0 Å². The van der Waals surface area contributed by atoms with Crippen molar-refractivity contribution in [2.24, 2.45) is 5.73 Å². The summed E-state index contributed by atoms with van der Waals surface area (Å²) in [7, 11) is 0. The Labute approximate surface area is 130 Å². The van der Waals surface area contributed by atoms with Crippen LogP contribution in [0.5, 0.6) is 0 Å². The van der Waals surface area contributed by atoms with E-state index in [0.29, 0.717) is 23.4 Å². The quantitative estimate of drug-likeness (QED) is 0.897. The van der Waals surface area contributed by atoms with Crippen molar-refractivity contribution in [3.8, 4) is 0 Å². The fourth-order valence-electron chi connectivity index (χ4n) is 2.19. The Hall–Kier alpha value is -1.66. The van der Waals surface area contributed by atoms with Crippen LogP contribution in [0, 0.1) is 20.8 Å². The van der Waals surface area contributed by atoms with Gasteiger partial charge in [-0.2, -0.15) is 5.10 Å². The third kappa shape index (κ3) is 3.71. The molecule has 7 heteroatoms. The molecule has 3 N–H and O–H groups in total. The molecule has 1 unspecified atom stereocenters. The summed E-state index contributed by atoms with van der Waals surface area (Å²) in [4.78, 5) is 16.7. The van der Waals surface area contributed by atoms with E-state index in [4.69, 9.17) is 5.73 Å². The van der Waals surface area contributed by atoms with Gasteiger partial charge < -0.3 is 11.1 Å². The number of carbonyl (C=O) groups is 1. The molecule has 2 aromatic heterocycles. The standard InChI is InChI=1S/C14H21N5O.ClH/c1-8(15)5-6-16-14(20)12-11(4)18-19-10(3)7-9(2)17-13(12)19;/h7-8H,5-6,15H2,1-4H3,(H,16,20);1H. The minimum Gasteiger partial charge on any atom is -0.352 e. The van der Waals surface area contributed by atoms with Crippen LogP contribution >= 0.6 is 12.4 Å². The number of rotatable bonds is 4. The number of aryl methyl sites for hydroxylation is 3. The Balaban J connectivity index is 0.00000220. The predicted molar refractivity (Wildman–Crippen MR) is 85.0 cm³/mol. The number of halogens is 1. The van der Waals surface area contributed by atoms with E-state index in [0.717, 1.165) is 17.8 Å². The van der Waals surface area contributed by atoms with Gasteiger partial charge in [0.05, 0.1) is 5.69 Å². The summed E-state index contributed by atoms with van der Waals surface area (Å²) in [5.74, 6) is -0.143. The van der Waals surface area contributed by atoms with Gasteiger partial charge in [0.1, 0.15) is 5.56 Å². The molecule has 2 heterocycles. The van der Waals surface area contributed by atoms with E-state index in [9.17, 15) is 4.79 Å². The van der Waals surface area contributed by atoms with Crippen LogP contribution in [0.25, 0.3) is 5.65 Å². The maximum absolute atomic E-state index is 12.3. The molecule has 1 amide bonds. The van der Waals surface area contributed by atoms with Gasteiger partial charge in [0, 0.05) is 24.0 Å². The molecule has 2 rings (SSSR count). The topological polar surface area (TPSA) is 85.3 Å². The van der Waals surface area contributed by atoms with Gasteiger partial charge in [0.2, 0.25) is 0 Å². The molecule has 2 aromatic rings. The summed E-state index contributed by atoms with van der Waals surface area (Å²) >= 11 is 0. The Bertz CT molecular complexity index is 650. The number of hydrogen-bond donors (Lipinski definition) is 2. The lowest BCUT2D eigenvalue weighted by Gasteiger charge is -2.07. The predicted octanol–water partition coefficient (Wildman–Crippen LogP) is 1.54. The summed E-state index contributed by atoms with van der Waals surface area (Å²) in [6.45, 7) is 8.15. The number of aromatic nitrogens is 3. The van der Waals surface area contributed by atoms with Crippen molar-refractivity contribution in [3.63, 3.8) is 0 Å². The number of fused-ring (bicyclic) bond motifs is 1. The van der Waals surface area contributed by atoms with Crippen LogP contribution in [0.3, 0.4) is 0 Å². The van der Waals surface area contributed by atoms with Crippen molar-refractivity contribution in [1.29, 1.82) is 0 Å². The van der Waals surface area contributed by atoms with Gasteiger partial charge in [-0.25, -0.2) is 9.50 Å². The van der Waals surface area contributed by atoms with Gasteiger partial charge in [-0.15, -0.1) is 12.4 Å². The number of carbonyl (C=O) groups excluding carboxylic acids is 1. The molecular formula is C14H22ClN5O. The number of hydrogen-bond acceptors (Lipinski definition) is 4. The number of amides is 1. The van der Waals surface area contributed by atoms with E-state index in [2.05, 4.69) is 15.4 Å². The Morgan fingerprint density at radius 1 is 1.43 bits per heavy atom. The summed E-state index contributed by atoms with van der Waals surface area (Å²) < 4.78 is 1.71. The molecule has 0 saturated carbocycles. The van der Waals surface area contributed by atoms with Gasteiger partial charge in [0.15, 0.2) is 5.65 Å². The maximum Gasteiger partial charge on any atom is 0.257 e. The third-order valence-electron chi connectivity index (χ3n) is 3.18. The van der Waals surface area contributed by atoms with Crippen LogP contribution in [-0.4, -0.2) is 33.1 Å². The Morgan fingerprint density at radius 3 is 2.71 bits per heavy atom. The Morgan fingerprint density at radius 2 is 2.10 bits per heavy atom. The lowest BCUT2D eigenvalue weighted by molar-refractivity contribution is 0.0953. The van der Waals surface area contributed by atoms with E-state index < -0.39 is 0 Å². The van der Waals surface area contributed by atoms with E-state index in [1.54, 1.807) is 4.52 Å². The summed E-state index contributed by atoms with van der Waals surface area (Å²) in [6.07, 6.45) is 0.746. The summed E-state index contributed by atoms with van der Waals surface area (Å²) in [6, 6.07) is 2.01. The van der Waals surface area contributed by atoms with Crippen LogP contribution in [0.1, 0.15) is 40.8 Å². The van der Waals surface area contributed by atoms with E-state index >= 15 is 0 Å². The molecule has 0 saturated heterocycles. The van der Waals surface area contributed by atoms with Crippen molar-refractivity contribution in [3.05, 3.63) is 28.7 Å². The zero-order valence-electron chi connectivity index (χ0n) is 12.8. The molecule has 0 aliphatic rings. The first-order chi connectivity index (χ1) is 9.40. The minimum atomic E-state index is -0.143. The Kier molecular flexibility index (Phi) is 5.69. The largest absolute Gasteiger partial charge is 0.352 e. The SMILES string of the molecule is Cc1cc(C)n2nc(C)c(C(=O)NCCC(C)N)c2n1.Cl. The van der Waals surface area contributed by atoms with Gasteiger partial charge in [-0.1, -0.05) is 0 Å². The van der Waals surface area contributed by atoms with Crippen LogP contribution < -0.4 is 11.1 Å². The molecule has 0 fully saturated rings. The second-order valence-corrected chi connectivity index (χ2v) is 5.26. The van der Waals surface area contributed by atoms with Crippen molar-refractivity contribution in [2.45, 2.75) is 40.2 Å². The molecular weight excluding hydrogens is 290 g/mol. The zero-order valence-corrected chi connectivity index (χ0v) is 13.6.